The first-order chi connectivity index (χ1) is 19.5. The molecule has 1 N–H and O–H groups in total. The molecule has 0 saturated heterocycles. The van der Waals surface area contributed by atoms with E-state index in [2.05, 4.69) is 17.2 Å². The standard InChI is InChI=1S/C31H19ClF3I2NO3/c1-3-17-12-19(14-20(13-17)31(40)41-29-25(34)24(33)27(36)26(35)28(29)37)9-8-18-10-11-22(32)21(15-18)30(39)38-23-7-5-4-6-16(23)2/h4-7,10-15H,3H2,1-2H3,(H,38,39). The molecule has 10 heteroatoms. The van der Waals surface area contributed by atoms with Gasteiger partial charge in [0.25, 0.3) is 5.91 Å². The van der Waals surface area contributed by atoms with E-state index < -0.39 is 38.6 Å². The van der Waals surface area contributed by atoms with Crippen LogP contribution >= 0.6 is 56.8 Å². The predicted molar refractivity (Wildman–Crippen MR) is 169 cm³/mol. The second-order valence-electron chi connectivity index (χ2n) is 8.77. The Kier molecular flexibility index (Phi) is 9.99. The van der Waals surface area contributed by atoms with Crippen LogP contribution in [0.1, 0.15) is 49.9 Å². The summed E-state index contributed by atoms with van der Waals surface area (Å²) in [7, 11) is 0. The number of nitrogens with one attached hydrogen (secondary N) is 1. The molecule has 0 unspecified atom stereocenters. The molecular formula is C31H19ClF3I2NO3. The molecule has 4 aromatic rings. The summed E-state index contributed by atoms with van der Waals surface area (Å²) in [6, 6.07) is 16.9. The van der Waals surface area contributed by atoms with Gasteiger partial charge in [-0.25, -0.2) is 13.6 Å². The molecule has 0 aliphatic rings. The topological polar surface area (TPSA) is 55.4 Å². The van der Waals surface area contributed by atoms with Gasteiger partial charge in [-0.15, -0.1) is 0 Å². The molecule has 4 rings (SSSR count). The zero-order valence-electron chi connectivity index (χ0n) is 21.5. The van der Waals surface area contributed by atoms with Crippen LogP contribution in [-0.4, -0.2) is 11.9 Å². The number of carbonyl (C=O) groups is 2. The zero-order valence-corrected chi connectivity index (χ0v) is 26.5. The van der Waals surface area contributed by atoms with Crippen LogP contribution in [0.15, 0.2) is 60.7 Å². The lowest BCUT2D eigenvalue weighted by atomic mass is 10.0. The number of carbonyl (C=O) groups excluding carboxylic acids is 2. The zero-order chi connectivity index (χ0) is 29.8. The van der Waals surface area contributed by atoms with Crippen molar-refractivity contribution >= 4 is 74.3 Å². The van der Waals surface area contributed by atoms with Crippen LogP contribution in [0, 0.1) is 43.4 Å². The molecule has 1 amide bonds. The first-order valence-corrected chi connectivity index (χ1v) is 14.6. The van der Waals surface area contributed by atoms with Gasteiger partial charge < -0.3 is 10.1 Å². The summed E-state index contributed by atoms with van der Waals surface area (Å²) in [6.07, 6.45) is 0.540. The lowest BCUT2D eigenvalue weighted by Crippen LogP contribution is -2.13. The van der Waals surface area contributed by atoms with Crippen LogP contribution in [0.2, 0.25) is 5.02 Å². The van der Waals surface area contributed by atoms with Crippen LogP contribution in [-0.2, 0) is 6.42 Å². The third-order valence-electron chi connectivity index (χ3n) is 5.96. The number of ether oxygens (including phenoxy) is 1. The van der Waals surface area contributed by atoms with Crippen molar-refractivity contribution in [3.63, 3.8) is 0 Å². The molecule has 0 aliphatic heterocycles. The van der Waals surface area contributed by atoms with Gasteiger partial charge in [-0.1, -0.05) is 48.6 Å². The lowest BCUT2D eigenvalue weighted by molar-refractivity contribution is 0.0724. The largest absolute Gasteiger partial charge is 0.418 e. The fourth-order valence-electron chi connectivity index (χ4n) is 3.74. The highest BCUT2D eigenvalue weighted by Gasteiger charge is 2.26. The van der Waals surface area contributed by atoms with Crippen LogP contribution in [0.3, 0.4) is 0 Å². The minimum Gasteiger partial charge on any atom is -0.418 e. The smallest absolute Gasteiger partial charge is 0.343 e. The molecule has 0 saturated carbocycles. The molecule has 0 bridgehead atoms. The van der Waals surface area contributed by atoms with Crippen molar-refractivity contribution in [2.45, 2.75) is 20.3 Å². The molecule has 0 aliphatic carbocycles. The number of benzene rings is 4. The maximum atomic E-state index is 14.5. The third-order valence-corrected chi connectivity index (χ3v) is 8.20. The fraction of sp³-hybridized carbons (Fsp3) is 0.0968. The molecule has 208 valence electrons. The number of amides is 1. The molecule has 0 aromatic heterocycles. The van der Waals surface area contributed by atoms with Crippen molar-refractivity contribution in [3.8, 4) is 17.6 Å². The summed E-state index contributed by atoms with van der Waals surface area (Å²) in [4.78, 5) is 25.8. The van der Waals surface area contributed by atoms with E-state index in [1.165, 1.54) is 57.3 Å². The molecule has 4 nitrogen and oxygen atoms in total. The van der Waals surface area contributed by atoms with E-state index in [-0.39, 0.29) is 19.7 Å². The third kappa shape index (κ3) is 7.05. The van der Waals surface area contributed by atoms with Gasteiger partial charge in [0.2, 0.25) is 5.82 Å². The second kappa shape index (κ2) is 13.3. The van der Waals surface area contributed by atoms with Gasteiger partial charge in [0.15, 0.2) is 17.4 Å². The van der Waals surface area contributed by atoms with Gasteiger partial charge in [0.1, 0.15) is 0 Å². The first-order valence-electron chi connectivity index (χ1n) is 12.1. The summed E-state index contributed by atoms with van der Waals surface area (Å²) in [6.45, 7) is 3.74. The quantitative estimate of drug-likeness (QED) is 0.0549. The number of rotatable bonds is 5. The number of hydrogen-bond donors (Lipinski definition) is 1. The maximum Gasteiger partial charge on any atom is 0.343 e. The maximum absolute atomic E-state index is 14.5. The fourth-order valence-corrected chi connectivity index (χ4v) is 5.58. The van der Waals surface area contributed by atoms with E-state index >= 15 is 0 Å². The Bertz CT molecular complexity index is 1740. The minimum absolute atomic E-state index is 0.0256. The Balaban J connectivity index is 1.62. The van der Waals surface area contributed by atoms with E-state index in [1.54, 1.807) is 30.3 Å². The molecule has 0 spiro atoms. The highest BCUT2D eigenvalue weighted by molar-refractivity contribution is 14.1. The Labute approximate surface area is 266 Å². The van der Waals surface area contributed by atoms with Gasteiger partial charge in [-0.05, 0) is 112 Å². The Morgan fingerprint density at radius 3 is 2.32 bits per heavy atom. The van der Waals surface area contributed by atoms with Gasteiger partial charge >= 0.3 is 5.97 Å². The molecular weight excluding hydrogens is 781 g/mol. The Morgan fingerprint density at radius 2 is 1.61 bits per heavy atom. The number of halogens is 6. The Hall–Kier alpha value is -3.08. The van der Waals surface area contributed by atoms with Gasteiger partial charge in [-0.3, -0.25) is 4.79 Å². The van der Waals surface area contributed by atoms with Crippen LogP contribution in [0.4, 0.5) is 18.9 Å². The molecule has 4 aromatic carbocycles. The summed E-state index contributed by atoms with van der Waals surface area (Å²) >= 11 is 9.09. The van der Waals surface area contributed by atoms with Gasteiger partial charge in [0.05, 0.1) is 23.3 Å². The van der Waals surface area contributed by atoms with E-state index in [4.69, 9.17) is 16.3 Å². The van der Waals surface area contributed by atoms with E-state index in [1.807, 2.05) is 32.0 Å². The summed E-state index contributed by atoms with van der Waals surface area (Å²) in [5.41, 5.74) is 3.48. The monoisotopic (exact) mass is 799 g/mol. The number of aryl methyl sites for hydroxylation is 2. The van der Waals surface area contributed by atoms with Crippen LogP contribution in [0.5, 0.6) is 5.75 Å². The van der Waals surface area contributed by atoms with Crippen molar-refractivity contribution in [1.29, 1.82) is 0 Å². The van der Waals surface area contributed by atoms with Crippen molar-refractivity contribution in [2.75, 3.05) is 5.32 Å². The van der Waals surface area contributed by atoms with E-state index in [9.17, 15) is 22.8 Å². The molecule has 0 radical (unpaired) electrons. The summed E-state index contributed by atoms with van der Waals surface area (Å²) in [5.74, 6) is -0.195. The van der Waals surface area contributed by atoms with Crippen molar-refractivity contribution in [1.82, 2.24) is 0 Å². The average Bonchev–Trinajstić information content (AvgIpc) is 2.97. The molecule has 0 atom stereocenters. The normalized spacial score (nSPS) is 10.5. The van der Waals surface area contributed by atoms with Crippen LogP contribution in [0.25, 0.3) is 0 Å². The first kappa shape index (κ1) is 30.9. The summed E-state index contributed by atoms with van der Waals surface area (Å²) < 4.78 is 47.1. The lowest BCUT2D eigenvalue weighted by Gasteiger charge is -2.11. The van der Waals surface area contributed by atoms with E-state index in [0.717, 1.165) is 11.1 Å². The van der Waals surface area contributed by atoms with Gasteiger partial charge in [0, 0.05) is 16.8 Å². The number of hydrogen-bond acceptors (Lipinski definition) is 3. The average molecular weight is 800 g/mol. The molecule has 41 heavy (non-hydrogen) atoms. The van der Waals surface area contributed by atoms with Crippen molar-refractivity contribution in [3.05, 3.63) is 124 Å². The SMILES string of the molecule is CCc1cc(C#Cc2ccc(Cl)c(C(=O)Nc3ccccc3C)c2)cc(C(=O)Oc2c(F)c(F)c(I)c(F)c2I)c1. The number of anilines is 1. The highest BCUT2D eigenvalue weighted by Crippen LogP contribution is 2.33. The number of para-hydroxylation sites is 1. The highest BCUT2D eigenvalue weighted by atomic mass is 127. The predicted octanol–water partition coefficient (Wildman–Crippen LogP) is 8.71. The number of esters is 1. The molecule has 0 heterocycles. The second-order valence-corrected chi connectivity index (χ2v) is 11.3. The van der Waals surface area contributed by atoms with Crippen molar-refractivity contribution in [2.24, 2.45) is 0 Å². The Morgan fingerprint density at radius 1 is 0.902 bits per heavy atom. The van der Waals surface area contributed by atoms with E-state index in [0.29, 0.717) is 23.2 Å². The summed E-state index contributed by atoms with van der Waals surface area (Å²) in [5, 5.41) is 3.10. The molecule has 0 fully saturated rings. The van der Waals surface area contributed by atoms with Crippen molar-refractivity contribution < 1.29 is 27.5 Å². The van der Waals surface area contributed by atoms with Gasteiger partial charge in [-0.2, -0.15) is 4.39 Å². The van der Waals surface area contributed by atoms with Crippen LogP contribution < -0.4 is 10.1 Å². The minimum atomic E-state index is -1.45.